The average Bonchev–Trinajstić information content (AvgIpc) is 2.21. The summed E-state index contributed by atoms with van der Waals surface area (Å²) in [6.07, 6.45) is 5.11. The van der Waals surface area contributed by atoms with Crippen LogP contribution < -0.4 is 5.32 Å². The van der Waals surface area contributed by atoms with E-state index in [1.54, 1.807) is 18.2 Å². The Kier molecular flexibility index (Phi) is 5.22. The van der Waals surface area contributed by atoms with Crippen LogP contribution in [0.2, 0.25) is 5.02 Å². The van der Waals surface area contributed by atoms with E-state index in [9.17, 15) is 5.11 Å². The minimum atomic E-state index is 0.251. The number of phenolic OH excluding ortho intramolecular Hbond substituents is 1. The van der Waals surface area contributed by atoms with E-state index in [0.717, 1.165) is 18.5 Å². The third-order valence-corrected chi connectivity index (χ3v) is 2.47. The third kappa shape index (κ3) is 3.94. The Bertz CT molecular complexity index is 316. The van der Waals surface area contributed by atoms with Crippen molar-refractivity contribution in [1.29, 1.82) is 0 Å². The van der Waals surface area contributed by atoms with Crippen molar-refractivity contribution in [2.75, 3.05) is 6.54 Å². The fourth-order valence-electron chi connectivity index (χ4n) is 1.29. The first-order valence-corrected chi connectivity index (χ1v) is 5.41. The van der Waals surface area contributed by atoms with Gasteiger partial charge in [-0.2, -0.15) is 0 Å². The van der Waals surface area contributed by atoms with E-state index < -0.39 is 0 Å². The number of halogens is 1. The summed E-state index contributed by atoms with van der Waals surface area (Å²) in [5, 5.41) is 13.4. The van der Waals surface area contributed by atoms with Crippen LogP contribution in [0, 0.1) is 0 Å². The van der Waals surface area contributed by atoms with Gasteiger partial charge in [0.15, 0.2) is 0 Å². The average molecular weight is 226 g/mol. The first-order valence-electron chi connectivity index (χ1n) is 5.04. The minimum absolute atomic E-state index is 0.251. The quantitative estimate of drug-likeness (QED) is 0.596. The van der Waals surface area contributed by atoms with Gasteiger partial charge >= 0.3 is 0 Å². The second-order valence-electron chi connectivity index (χ2n) is 3.27. The van der Waals surface area contributed by atoms with E-state index >= 15 is 0 Å². The molecule has 1 aromatic rings. The van der Waals surface area contributed by atoms with Gasteiger partial charge in [-0.05, 0) is 32.0 Å². The molecule has 1 rings (SSSR count). The number of phenols is 1. The largest absolute Gasteiger partial charge is 0.508 e. The molecule has 0 aliphatic carbocycles. The Morgan fingerprint density at radius 1 is 1.47 bits per heavy atom. The second kappa shape index (κ2) is 6.49. The van der Waals surface area contributed by atoms with E-state index in [-0.39, 0.29) is 5.75 Å². The molecule has 0 unspecified atom stereocenters. The Labute approximate surface area is 95.6 Å². The summed E-state index contributed by atoms with van der Waals surface area (Å²) < 4.78 is 0. The van der Waals surface area contributed by atoms with Gasteiger partial charge in [0, 0.05) is 17.1 Å². The first kappa shape index (κ1) is 12.1. The van der Waals surface area contributed by atoms with Crippen LogP contribution in [-0.4, -0.2) is 11.7 Å². The Hall–Kier alpha value is -0.990. The molecule has 2 N–H and O–H groups in total. The second-order valence-corrected chi connectivity index (χ2v) is 3.68. The molecule has 0 amide bonds. The van der Waals surface area contributed by atoms with Gasteiger partial charge in [0.25, 0.3) is 0 Å². The van der Waals surface area contributed by atoms with Gasteiger partial charge in [0.1, 0.15) is 5.75 Å². The fraction of sp³-hybridized carbons (Fsp3) is 0.333. The van der Waals surface area contributed by atoms with E-state index in [4.69, 9.17) is 11.6 Å². The molecular weight excluding hydrogens is 210 g/mol. The topological polar surface area (TPSA) is 32.3 Å². The van der Waals surface area contributed by atoms with Crippen LogP contribution >= 0.6 is 11.6 Å². The predicted octanol–water partition coefficient (Wildman–Crippen LogP) is 3.10. The minimum Gasteiger partial charge on any atom is -0.508 e. The molecule has 2 nitrogen and oxygen atoms in total. The normalized spacial score (nSPS) is 11.1. The summed E-state index contributed by atoms with van der Waals surface area (Å²) in [7, 11) is 0. The SMILES string of the molecule is C/C=C/CCNCc1c(O)cccc1Cl. The number of hydrogen-bond donors (Lipinski definition) is 2. The van der Waals surface area contributed by atoms with Gasteiger partial charge < -0.3 is 10.4 Å². The zero-order valence-corrected chi connectivity index (χ0v) is 9.59. The van der Waals surface area contributed by atoms with Gasteiger partial charge in [-0.1, -0.05) is 29.8 Å². The van der Waals surface area contributed by atoms with Gasteiger partial charge in [0.2, 0.25) is 0 Å². The summed E-state index contributed by atoms with van der Waals surface area (Å²) in [4.78, 5) is 0. The highest BCUT2D eigenvalue weighted by atomic mass is 35.5. The molecule has 0 saturated carbocycles. The smallest absolute Gasteiger partial charge is 0.121 e. The number of benzene rings is 1. The summed E-state index contributed by atoms with van der Waals surface area (Å²) in [5.74, 6) is 0.251. The summed E-state index contributed by atoms with van der Waals surface area (Å²) in [5.41, 5.74) is 0.764. The maximum atomic E-state index is 9.56. The van der Waals surface area contributed by atoms with Crippen LogP contribution in [0.15, 0.2) is 30.4 Å². The molecule has 0 atom stereocenters. The lowest BCUT2D eigenvalue weighted by molar-refractivity contribution is 0.465. The van der Waals surface area contributed by atoms with Crippen LogP contribution in [0.5, 0.6) is 5.75 Å². The summed E-state index contributed by atoms with van der Waals surface area (Å²) in [6.45, 7) is 3.48. The number of nitrogens with one attached hydrogen (secondary N) is 1. The van der Waals surface area contributed by atoms with Gasteiger partial charge in [-0.3, -0.25) is 0 Å². The molecule has 0 saturated heterocycles. The molecule has 0 radical (unpaired) electrons. The zero-order valence-electron chi connectivity index (χ0n) is 8.83. The van der Waals surface area contributed by atoms with Crippen molar-refractivity contribution in [2.24, 2.45) is 0 Å². The van der Waals surface area contributed by atoms with Crippen LogP contribution in [0.25, 0.3) is 0 Å². The molecule has 0 aromatic heterocycles. The van der Waals surface area contributed by atoms with E-state index in [1.165, 1.54) is 0 Å². The molecule has 0 aliphatic heterocycles. The number of aromatic hydroxyl groups is 1. The lowest BCUT2D eigenvalue weighted by Crippen LogP contribution is -2.14. The van der Waals surface area contributed by atoms with Crippen molar-refractivity contribution in [2.45, 2.75) is 19.9 Å². The molecule has 1 aromatic carbocycles. The zero-order chi connectivity index (χ0) is 11.1. The van der Waals surface area contributed by atoms with Crippen molar-refractivity contribution in [3.8, 4) is 5.75 Å². The number of rotatable bonds is 5. The Balaban J connectivity index is 2.43. The molecule has 0 fully saturated rings. The highest BCUT2D eigenvalue weighted by Gasteiger charge is 2.04. The van der Waals surface area contributed by atoms with Gasteiger partial charge in [0.05, 0.1) is 0 Å². The standard InChI is InChI=1S/C12H16ClNO/c1-2-3-4-8-14-9-10-11(13)6-5-7-12(10)15/h2-3,5-7,14-15H,4,8-9H2,1H3/b3-2+. The molecule has 0 heterocycles. The predicted molar refractivity (Wildman–Crippen MR) is 64.3 cm³/mol. The monoisotopic (exact) mass is 225 g/mol. The maximum absolute atomic E-state index is 9.56. The number of allylic oxidation sites excluding steroid dienone is 1. The Morgan fingerprint density at radius 2 is 2.27 bits per heavy atom. The van der Waals surface area contributed by atoms with Gasteiger partial charge in [-0.25, -0.2) is 0 Å². The fourth-order valence-corrected chi connectivity index (χ4v) is 1.52. The van der Waals surface area contributed by atoms with E-state index in [0.29, 0.717) is 11.6 Å². The number of hydrogen-bond acceptors (Lipinski definition) is 2. The summed E-state index contributed by atoms with van der Waals surface area (Å²) >= 11 is 5.96. The lowest BCUT2D eigenvalue weighted by Gasteiger charge is -2.07. The molecular formula is C12H16ClNO. The molecule has 0 spiro atoms. The van der Waals surface area contributed by atoms with Crippen LogP contribution in [0.1, 0.15) is 18.9 Å². The molecule has 0 bridgehead atoms. The Morgan fingerprint density at radius 3 is 2.93 bits per heavy atom. The van der Waals surface area contributed by atoms with Crippen molar-refractivity contribution < 1.29 is 5.11 Å². The van der Waals surface area contributed by atoms with Gasteiger partial charge in [-0.15, -0.1) is 0 Å². The maximum Gasteiger partial charge on any atom is 0.121 e. The van der Waals surface area contributed by atoms with Crippen molar-refractivity contribution >= 4 is 11.6 Å². The lowest BCUT2D eigenvalue weighted by atomic mass is 10.2. The molecule has 15 heavy (non-hydrogen) atoms. The molecule has 0 aliphatic rings. The van der Waals surface area contributed by atoms with Crippen molar-refractivity contribution in [1.82, 2.24) is 5.32 Å². The van der Waals surface area contributed by atoms with Crippen LogP contribution in [0.3, 0.4) is 0 Å². The molecule has 82 valence electrons. The van der Waals surface area contributed by atoms with Crippen LogP contribution in [0.4, 0.5) is 0 Å². The molecule has 3 heteroatoms. The highest BCUT2D eigenvalue weighted by Crippen LogP contribution is 2.24. The third-order valence-electron chi connectivity index (χ3n) is 2.12. The van der Waals surface area contributed by atoms with E-state index in [1.807, 2.05) is 13.0 Å². The first-order chi connectivity index (χ1) is 7.25. The summed E-state index contributed by atoms with van der Waals surface area (Å²) in [6, 6.07) is 5.17. The highest BCUT2D eigenvalue weighted by molar-refractivity contribution is 6.31. The van der Waals surface area contributed by atoms with E-state index in [2.05, 4.69) is 11.4 Å². The van der Waals surface area contributed by atoms with Crippen molar-refractivity contribution in [3.63, 3.8) is 0 Å². The van der Waals surface area contributed by atoms with Crippen LogP contribution in [-0.2, 0) is 6.54 Å². The van der Waals surface area contributed by atoms with Crippen molar-refractivity contribution in [3.05, 3.63) is 40.9 Å².